The number of hydrogen-bond donors (Lipinski definition) is 2. The highest BCUT2D eigenvalue weighted by Gasteiger charge is 2.19. The van der Waals surface area contributed by atoms with Crippen molar-refractivity contribution in [2.45, 2.75) is 67.1 Å². The number of allylic oxidation sites excluding steroid dienone is 4. The molecule has 2 unspecified atom stereocenters. The number of aliphatic hydroxyl groups is 1. The lowest BCUT2D eigenvalue weighted by Gasteiger charge is -2.18. The van der Waals surface area contributed by atoms with Gasteiger partial charge >= 0.3 is 0 Å². The van der Waals surface area contributed by atoms with Gasteiger partial charge in [0.25, 0.3) is 0 Å². The molecule has 21 heavy (non-hydrogen) atoms. The smallest absolute Gasteiger partial charge is 0.107 e. The van der Waals surface area contributed by atoms with Crippen LogP contribution in [-0.2, 0) is 4.74 Å². The molecule has 0 amide bonds. The minimum atomic E-state index is 0. The van der Waals surface area contributed by atoms with E-state index in [1.807, 2.05) is 6.92 Å². The maximum absolute atomic E-state index is 8.56. The van der Waals surface area contributed by atoms with Gasteiger partial charge in [0.2, 0.25) is 0 Å². The molecule has 2 aliphatic rings. The first-order chi connectivity index (χ1) is 9.49. The Hall–Kier alpha value is -1.13. The lowest BCUT2D eigenvalue weighted by Crippen LogP contribution is -2.22. The molecule has 0 bridgehead atoms. The molecule has 0 aliphatic carbocycles. The number of nitrogens with zero attached hydrogens (tertiary/aromatic N) is 1. The average Bonchev–Trinajstić information content (AvgIpc) is 2.85. The number of aliphatic imine (C=N–C) groups is 1. The van der Waals surface area contributed by atoms with Gasteiger partial charge in [0.15, 0.2) is 0 Å². The second kappa shape index (κ2) is 9.74. The summed E-state index contributed by atoms with van der Waals surface area (Å²) < 4.78 is 5.26. The number of rotatable bonds is 2. The van der Waals surface area contributed by atoms with Crippen molar-refractivity contribution in [3.8, 4) is 0 Å². The first-order valence-electron chi connectivity index (χ1n) is 7.35. The van der Waals surface area contributed by atoms with Crippen molar-refractivity contribution in [2.75, 3.05) is 13.3 Å². The van der Waals surface area contributed by atoms with E-state index in [2.05, 4.69) is 44.1 Å². The van der Waals surface area contributed by atoms with Gasteiger partial charge in [-0.15, -0.1) is 0 Å². The lowest BCUT2D eigenvalue weighted by atomic mass is 10.0. The SMILES string of the molecule is C.C/C=C(/C)C1=C(C)NCN=C1C.CC1CCC(CO)O1. The monoisotopic (exact) mass is 296 g/mol. The molecular formula is C17H32N2O2. The number of nitrogens with one attached hydrogen (secondary N) is 1. The summed E-state index contributed by atoms with van der Waals surface area (Å²) in [6.45, 7) is 11.3. The molecule has 122 valence electrons. The van der Waals surface area contributed by atoms with Crippen molar-refractivity contribution in [1.29, 1.82) is 0 Å². The molecule has 2 atom stereocenters. The first kappa shape index (κ1) is 19.9. The van der Waals surface area contributed by atoms with Crippen LogP contribution in [0.15, 0.2) is 27.9 Å². The Bertz CT molecular complexity index is 405. The van der Waals surface area contributed by atoms with Crippen molar-refractivity contribution >= 4 is 5.71 Å². The zero-order valence-electron chi connectivity index (χ0n) is 13.4. The molecule has 4 nitrogen and oxygen atoms in total. The van der Waals surface area contributed by atoms with E-state index in [0.717, 1.165) is 25.2 Å². The lowest BCUT2D eigenvalue weighted by molar-refractivity contribution is 0.0198. The summed E-state index contributed by atoms with van der Waals surface area (Å²) in [6.07, 6.45) is 4.74. The molecule has 2 heterocycles. The highest BCUT2D eigenvalue weighted by atomic mass is 16.5. The van der Waals surface area contributed by atoms with Crippen LogP contribution in [0.4, 0.5) is 0 Å². The Morgan fingerprint density at radius 3 is 2.48 bits per heavy atom. The van der Waals surface area contributed by atoms with Crippen molar-refractivity contribution in [2.24, 2.45) is 4.99 Å². The minimum Gasteiger partial charge on any atom is -0.394 e. The zero-order chi connectivity index (χ0) is 15.1. The summed E-state index contributed by atoms with van der Waals surface area (Å²) in [5.41, 5.74) is 4.93. The van der Waals surface area contributed by atoms with Crippen LogP contribution in [0.2, 0.25) is 0 Å². The van der Waals surface area contributed by atoms with Crippen LogP contribution in [-0.4, -0.2) is 36.3 Å². The van der Waals surface area contributed by atoms with E-state index >= 15 is 0 Å². The highest BCUT2D eigenvalue weighted by Crippen LogP contribution is 2.18. The maximum atomic E-state index is 8.56. The fraction of sp³-hybridized carbons (Fsp3) is 0.706. The molecule has 0 aromatic carbocycles. The molecule has 0 saturated carbocycles. The second-order valence-electron chi connectivity index (χ2n) is 5.38. The molecule has 0 aromatic rings. The average molecular weight is 296 g/mol. The number of ether oxygens (including phenoxy) is 1. The van der Waals surface area contributed by atoms with Crippen LogP contribution in [0.1, 0.15) is 54.9 Å². The van der Waals surface area contributed by atoms with E-state index in [-0.39, 0.29) is 20.1 Å². The molecule has 1 fully saturated rings. The fourth-order valence-corrected chi connectivity index (χ4v) is 2.46. The Balaban J connectivity index is 0.000000390. The maximum Gasteiger partial charge on any atom is 0.107 e. The van der Waals surface area contributed by atoms with Gasteiger partial charge in [-0.05, 0) is 53.0 Å². The van der Waals surface area contributed by atoms with Gasteiger partial charge in [0.1, 0.15) is 6.67 Å². The Morgan fingerprint density at radius 1 is 1.43 bits per heavy atom. The van der Waals surface area contributed by atoms with Gasteiger partial charge in [-0.1, -0.05) is 13.5 Å². The van der Waals surface area contributed by atoms with Crippen molar-refractivity contribution in [1.82, 2.24) is 5.32 Å². The van der Waals surface area contributed by atoms with Crippen LogP contribution >= 0.6 is 0 Å². The van der Waals surface area contributed by atoms with Crippen molar-refractivity contribution in [3.05, 3.63) is 22.9 Å². The van der Waals surface area contributed by atoms with Gasteiger partial charge in [0.05, 0.1) is 18.8 Å². The number of aliphatic hydroxyl groups excluding tert-OH is 1. The minimum absolute atomic E-state index is 0. The highest BCUT2D eigenvalue weighted by molar-refractivity contribution is 6.03. The van der Waals surface area contributed by atoms with E-state index in [9.17, 15) is 0 Å². The molecule has 0 spiro atoms. The van der Waals surface area contributed by atoms with Crippen molar-refractivity contribution in [3.63, 3.8) is 0 Å². The third-order valence-electron chi connectivity index (χ3n) is 3.75. The summed E-state index contributed by atoms with van der Waals surface area (Å²) in [7, 11) is 0. The predicted molar refractivity (Wildman–Crippen MR) is 90.6 cm³/mol. The van der Waals surface area contributed by atoms with Gasteiger partial charge in [-0.3, -0.25) is 4.99 Å². The third-order valence-corrected chi connectivity index (χ3v) is 3.75. The molecule has 2 rings (SSSR count). The van der Waals surface area contributed by atoms with Crippen LogP contribution in [0, 0.1) is 0 Å². The molecule has 2 aliphatic heterocycles. The molecule has 4 heteroatoms. The molecule has 0 radical (unpaired) electrons. The molecule has 1 saturated heterocycles. The van der Waals surface area contributed by atoms with Crippen LogP contribution in [0.25, 0.3) is 0 Å². The van der Waals surface area contributed by atoms with Crippen LogP contribution < -0.4 is 5.32 Å². The first-order valence-corrected chi connectivity index (χ1v) is 7.35. The van der Waals surface area contributed by atoms with Gasteiger partial charge < -0.3 is 15.2 Å². The predicted octanol–water partition coefficient (Wildman–Crippen LogP) is 3.43. The molecule has 0 aromatic heterocycles. The largest absolute Gasteiger partial charge is 0.394 e. The fourth-order valence-electron chi connectivity index (χ4n) is 2.46. The zero-order valence-corrected chi connectivity index (χ0v) is 13.4. The van der Waals surface area contributed by atoms with E-state index in [0.29, 0.717) is 6.10 Å². The van der Waals surface area contributed by atoms with E-state index in [4.69, 9.17) is 9.84 Å². The van der Waals surface area contributed by atoms with Gasteiger partial charge in [0, 0.05) is 17.0 Å². The second-order valence-corrected chi connectivity index (χ2v) is 5.38. The number of hydrogen-bond acceptors (Lipinski definition) is 4. The standard InChI is InChI=1S/C10H16N2.C6H12O2.CH4/c1-5-7(2)10-8(3)11-6-12-9(10)4;1-5-2-3-6(4-7)8-5;/h5,11H,6H2,1-4H3;5-7H,2-4H2,1H3;1H4/b7-5-;;. The van der Waals surface area contributed by atoms with Gasteiger partial charge in [-0.25, -0.2) is 0 Å². The summed E-state index contributed by atoms with van der Waals surface area (Å²) in [5, 5.41) is 11.8. The van der Waals surface area contributed by atoms with E-state index < -0.39 is 0 Å². The summed E-state index contributed by atoms with van der Waals surface area (Å²) >= 11 is 0. The van der Waals surface area contributed by atoms with E-state index in [1.54, 1.807) is 0 Å². The summed E-state index contributed by atoms with van der Waals surface area (Å²) in [4.78, 5) is 4.34. The quantitative estimate of drug-likeness (QED) is 0.821. The normalized spacial score (nSPS) is 25.4. The Labute approximate surface area is 130 Å². The molecular weight excluding hydrogens is 264 g/mol. The van der Waals surface area contributed by atoms with Crippen LogP contribution in [0.5, 0.6) is 0 Å². The van der Waals surface area contributed by atoms with Crippen molar-refractivity contribution < 1.29 is 9.84 Å². The summed E-state index contributed by atoms with van der Waals surface area (Å²) in [5.74, 6) is 0. The van der Waals surface area contributed by atoms with Crippen LogP contribution in [0.3, 0.4) is 0 Å². The third kappa shape index (κ3) is 6.02. The summed E-state index contributed by atoms with van der Waals surface area (Å²) in [6, 6.07) is 0. The molecule has 2 N–H and O–H groups in total. The Kier molecular flexibility index (Phi) is 9.22. The van der Waals surface area contributed by atoms with Gasteiger partial charge in [-0.2, -0.15) is 0 Å². The van der Waals surface area contributed by atoms with E-state index in [1.165, 1.54) is 16.8 Å². The topological polar surface area (TPSA) is 53.9 Å². The Morgan fingerprint density at radius 2 is 2.10 bits per heavy atom.